The molecular formula is C16H23ClN2O5S. The lowest BCUT2D eigenvalue weighted by atomic mass is 10.2. The fourth-order valence-corrected chi connectivity index (χ4v) is 3.85. The molecule has 0 fully saturated rings. The van der Waals surface area contributed by atoms with Crippen LogP contribution in [0.1, 0.15) is 31.1 Å². The summed E-state index contributed by atoms with van der Waals surface area (Å²) in [6.07, 6.45) is -1.01. The molecule has 0 aliphatic heterocycles. The summed E-state index contributed by atoms with van der Waals surface area (Å²) < 4.78 is 31.5. The summed E-state index contributed by atoms with van der Waals surface area (Å²) in [5.41, 5.74) is -0.103. The molecule has 1 amide bonds. The minimum atomic E-state index is -3.74. The second-order valence-electron chi connectivity index (χ2n) is 5.51. The van der Waals surface area contributed by atoms with Crippen molar-refractivity contribution in [3.63, 3.8) is 0 Å². The minimum absolute atomic E-state index is 0.0491. The highest BCUT2D eigenvalue weighted by Crippen LogP contribution is 2.24. The summed E-state index contributed by atoms with van der Waals surface area (Å²) in [4.78, 5) is 25.3. The normalized spacial score (nSPS) is 12.8. The van der Waals surface area contributed by atoms with E-state index in [9.17, 15) is 18.0 Å². The molecule has 0 saturated heterocycles. The summed E-state index contributed by atoms with van der Waals surface area (Å²) in [5.74, 6) is -1.25. The van der Waals surface area contributed by atoms with Gasteiger partial charge in [0.15, 0.2) is 6.10 Å². The topological polar surface area (TPSA) is 84.0 Å². The Kier molecular flexibility index (Phi) is 7.40. The summed E-state index contributed by atoms with van der Waals surface area (Å²) in [7, 11) is -0.663. The predicted octanol–water partition coefficient (Wildman–Crippen LogP) is 2.00. The average molecular weight is 391 g/mol. The standard InChI is InChI=1S/C16H23ClN2O5S/c1-6-19(7-2)25(22,23)12-8-9-14(17)13(10-12)16(21)24-11(3)15(20)18(4)5/h8-11H,6-7H2,1-5H3/t11-/m0/s1. The van der Waals surface area contributed by atoms with Gasteiger partial charge in [0.2, 0.25) is 10.0 Å². The fourth-order valence-electron chi connectivity index (χ4n) is 2.17. The number of amides is 1. The molecule has 0 aromatic heterocycles. The molecule has 1 aromatic carbocycles. The summed E-state index contributed by atoms with van der Waals surface area (Å²) in [5, 5.41) is 0.0491. The molecule has 0 bridgehead atoms. The van der Waals surface area contributed by atoms with Crippen LogP contribution < -0.4 is 0 Å². The lowest BCUT2D eigenvalue weighted by Crippen LogP contribution is -2.35. The third-order valence-corrected chi connectivity index (χ3v) is 5.95. The number of likely N-dealkylation sites (N-methyl/N-ethyl adjacent to an activating group) is 1. The van der Waals surface area contributed by atoms with E-state index in [0.717, 1.165) is 0 Å². The van der Waals surface area contributed by atoms with Gasteiger partial charge in [-0.2, -0.15) is 4.31 Å². The van der Waals surface area contributed by atoms with Crippen molar-refractivity contribution in [3.05, 3.63) is 28.8 Å². The Labute approximate surface area is 153 Å². The van der Waals surface area contributed by atoms with Gasteiger partial charge in [-0.15, -0.1) is 0 Å². The molecule has 1 rings (SSSR count). The van der Waals surface area contributed by atoms with Crippen molar-refractivity contribution in [2.45, 2.75) is 31.8 Å². The number of rotatable bonds is 7. The number of carbonyl (C=O) groups is 2. The third kappa shape index (κ3) is 4.93. The largest absolute Gasteiger partial charge is 0.449 e. The van der Waals surface area contributed by atoms with Gasteiger partial charge in [-0.1, -0.05) is 25.4 Å². The molecule has 0 aliphatic rings. The van der Waals surface area contributed by atoms with Gasteiger partial charge in [-0.3, -0.25) is 4.79 Å². The lowest BCUT2D eigenvalue weighted by Gasteiger charge is -2.20. The van der Waals surface area contributed by atoms with E-state index in [4.69, 9.17) is 16.3 Å². The number of halogens is 1. The number of hydrogen-bond donors (Lipinski definition) is 0. The molecule has 9 heteroatoms. The van der Waals surface area contributed by atoms with Crippen LogP contribution in [0.4, 0.5) is 0 Å². The van der Waals surface area contributed by atoms with Crippen molar-refractivity contribution in [3.8, 4) is 0 Å². The van der Waals surface area contributed by atoms with Gasteiger partial charge >= 0.3 is 5.97 Å². The van der Waals surface area contributed by atoms with Crippen LogP contribution in [-0.4, -0.2) is 62.8 Å². The Morgan fingerprint density at radius 3 is 2.24 bits per heavy atom. The first-order valence-corrected chi connectivity index (χ1v) is 9.59. The van der Waals surface area contributed by atoms with Crippen LogP contribution in [0.5, 0.6) is 0 Å². The van der Waals surface area contributed by atoms with Crippen LogP contribution in [0, 0.1) is 0 Å². The summed E-state index contributed by atoms with van der Waals surface area (Å²) >= 11 is 6.01. The molecule has 0 aliphatic carbocycles. The van der Waals surface area contributed by atoms with Crippen molar-refractivity contribution in [1.82, 2.24) is 9.21 Å². The second-order valence-corrected chi connectivity index (χ2v) is 7.86. The predicted molar refractivity (Wildman–Crippen MR) is 95.1 cm³/mol. The number of nitrogens with zero attached hydrogens (tertiary/aromatic N) is 2. The number of carbonyl (C=O) groups excluding carboxylic acids is 2. The van der Waals surface area contributed by atoms with Crippen LogP contribution in [-0.2, 0) is 19.6 Å². The maximum atomic E-state index is 12.6. The zero-order valence-corrected chi connectivity index (χ0v) is 16.5. The molecular weight excluding hydrogens is 368 g/mol. The first-order chi connectivity index (χ1) is 11.6. The van der Waals surface area contributed by atoms with Gasteiger partial charge < -0.3 is 9.64 Å². The van der Waals surface area contributed by atoms with Crippen molar-refractivity contribution < 1.29 is 22.7 Å². The van der Waals surface area contributed by atoms with Gasteiger partial charge in [-0.05, 0) is 25.1 Å². The maximum absolute atomic E-state index is 12.6. The molecule has 7 nitrogen and oxygen atoms in total. The highest BCUT2D eigenvalue weighted by molar-refractivity contribution is 7.89. The van der Waals surface area contributed by atoms with Gasteiger partial charge in [0.1, 0.15) is 0 Å². The van der Waals surface area contributed by atoms with Crippen LogP contribution in [0.3, 0.4) is 0 Å². The fraction of sp³-hybridized carbons (Fsp3) is 0.500. The average Bonchev–Trinajstić information content (AvgIpc) is 2.54. The Balaban J connectivity index is 3.18. The molecule has 25 heavy (non-hydrogen) atoms. The van der Waals surface area contributed by atoms with E-state index in [-0.39, 0.29) is 15.5 Å². The zero-order valence-electron chi connectivity index (χ0n) is 14.9. The zero-order chi connectivity index (χ0) is 19.4. The van der Waals surface area contributed by atoms with Crippen molar-refractivity contribution >= 4 is 33.5 Å². The third-order valence-electron chi connectivity index (χ3n) is 3.57. The van der Waals surface area contributed by atoms with Crippen molar-refractivity contribution in [2.75, 3.05) is 27.2 Å². The Morgan fingerprint density at radius 1 is 1.20 bits per heavy atom. The Bertz CT molecular complexity index is 745. The van der Waals surface area contributed by atoms with Crippen LogP contribution in [0.15, 0.2) is 23.1 Å². The van der Waals surface area contributed by atoms with E-state index in [1.54, 1.807) is 13.8 Å². The quantitative estimate of drug-likeness (QED) is 0.665. The number of hydrogen-bond acceptors (Lipinski definition) is 5. The van der Waals surface area contributed by atoms with E-state index in [1.165, 1.54) is 48.4 Å². The summed E-state index contributed by atoms with van der Waals surface area (Å²) in [6.45, 7) is 5.48. The Hall–Kier alpha value is -1.64. The van der Waals surface area contributed by atoms with E-state index in [1.807, 2.05) is 0 Å². The van der Waals surface area contributed by atoms with Crippen molar-refractivity contribution in [1.29, 1.82) is 0 Å². The number of benzene rings is 1. The molecule has 0 unspecified atom stereocenters. The second kappa shape index (κ2) is 8.64. The first kappa shape index (κ1) is 21.4. The molecule has 1 aromatic rings. The lowest BCUT2D eigenvalue weighted by molar-refractivity contribution is -0.137. The van der Waals surface area contributed by atoms with Gasteiger partial charge in [0.05, 0.1) is 15.5 Å². The highest BCUT2D eigenvalue weighted by Gasteiger charge is 2.26. The van der Waals surface area contributed by atoms with E-state index in [2.05, 4.69) is 0 Å². The van der Waals surface area contributed by atoms with E-state index >= 15 is 0 Å². The monoisotopic (exact) mass is 390 g/mol. The molecule has 0 saturated carbocycles. The molecule has 0 N–H and O–H groups in total. The number of ether oxygens (including phenoxy) is 1. The van der Waals surface area contributed by atoms with Crippen molar-refractivity contribution in [2.24, 2.45) is 0 Å². The SMILES string of the molecule is CCN(CC)S(=O)(=O)c1ccc(Cl)c(C(=O)O[C@@H](C)C(=O)N(C)C)c1. The highest BCUT2D eigenvalue weighted by atomic mass is 35.5. The molecule has 0 radical (unpaired) electrons. The van der Waals surface area contributed by atoms with Gasteiger partial charge in [0.25, 0.3) is 5.91 Å². The number of sulfonamides is 1. The molecule has 140 valence electrons. The van der Waals surface area contributed by atoms with Crippen LogP contribution >= 0.6 is 11.6 Å². The molecule has 0 spiro atoms. The maximum Gasteiger partial charge on any atom is 0.340 e. The smallest absolute Gasteiger partial charge is 0.340 e. The summed E-state index contributed by atoms with van der Waals surface area (Å²) in [6, 6.07) is 3.83. The van der Waals surface area contributed by atoms with E-state index in [0.29, 0.717) is 13.1 Å². The van der Waals surface area contributed by atoms with Crippen LogP contribution in [0.2, 0.25) is 5.02 Å². The van der Waals surface area contributed by atoms with Crippen LogP contribution in [0.25, 0.3) is 0 Å². The molecule has 0 heterocycles. The molecule has 1 atom stereocenters. The number of esters is 1. The first-order valence-electron chi connectivity index (χ1n) is 7.78. The minimum Gasteiger partial charge on any atom is -0.449 e. The van der Waals surface area contributed by atoms with E-state index < -0.39 is 28.0 Å². The van der Waals surface area contributed by atoms with Gasteiger partial charge in [-0.25, -0.2) is 13.2 Å². The van der Waals surface area contributed by atoms with Gasteiger partial charge in [0, 0.05) is 27.2 Å². The Morgan fingerprint density at radius 2 is 1.76 bits per heavy atom.